The van der Waals surface area contributed by atoms with E-state index in [2.05, 4.69) is 0 Å². The molecule has 272 valence electrons. The largest absolute Gasteiger partial charge is 0.493 e. The first kappa shape index (κ1) is 35.9. The third kappa shape index (κ3) is 7.18. The molecule has 4 aromatic rings. The van der Waals surface area contributed by atoms with E-state index >= 15 is 0 Å². The summed E-state index contributed by atoms with van der Waals surface area (Å²) in [7, 11) is 10.8. The van der Waals surface area contributed by atoms with Crippen LogP contribution in [0.25, 0.3) is 11.1 Å². The first-order valence-electron chi connectivity index (χ1n) is 16.4. The summed E-state index contributed by atoms with van der Waals surface area (Å²) in [6.45, 7) is 0.761. The Bertz CT molecular complexity index is 1750. The highest BCUT2D eigenvalue weighted by molar-refractivity contribution is 5.91. The maximum atomic E-state index is 7.03. The molecule has 6 rings (SSSR count). The van der Waals surface area contributed by atoms with Crippen molar-refractivity contribution in [1.29, 1.82) is 0 Å². The molecule has 1 fully saturated rings. The van der Waals surface area contributed by atoms with Crippen LogP contribution >= 0.6 is 0 Å². The van der Waals surface area contributed by atoms with Crippen LogP contribution in [0.2, 0.25) is 0 Å². The highest BCUT2D eigenvalue weighted by Gasteiger charge is 2.52. The fraction of sp³-hybridized carbons (Fsp3) is 0.385. The Morgan fingerprint density at radius 2 is 1.04 bits per heavy atom. The van der Waals surface area contributed by atoms with Gasteiger partial charge in [0, 0.05) is 19.2 Å². The van der Waals surface area contributed by atoms with E-state index in [0.29, 0.717) is 63.7 Å². The molecule has 12 heteroatoms. The van der Waals surface area contributed by atoms with Gasteiger partial charge in [-0.1, -0.05) is 60.7 Å². The second kappa shape index (κ2) is 16.4. The number of benzene rings is 4. The molecule has 0 N–H and O–H groups in total. The summed E-state index contributed by atoms with van der Waals surface area (Å²) in [5.74, 6) is 2.84. The van der Waals surface area contributed by atoms with Gasteiger partial charge in [0.1, 0.15) is 23.7 Å². The molecule has 2 aliphatic rings. The van der Waals surface area contributed by atoms with Crippen LogP contribution in [0, 0.1) is 0 Å². The van der Waals surface area contributed by atoms with E-state index in [9.17, 15) is 0 Å². The summed E-state index contributed by atoms with van der Waals surface area (Å²) >= 11 is 0. The van der Waals surface area contributed by atoms with Gasteiger partial charge in [-0.15, -0.1) is 0 Å². The van der Waals surface area contributed by atoms with Gasteiger partial charge < -0.3 is 56.8 Å². The fourth-order valence-corrected chi connectivity index (χ4v) is 6.51. The predicted molar refractivity (Wildman–Crippen MR) is 187 cm³/mol. The molecule has 0 aliphatic carbocycles. The molecule has 12 nitrogen and oxygen atoms in total. The van der Waals surface area contributed by atoms with Crippen molar-refractivity contribution in [3.63, 3.8) is 0 Å². The van der Waals surface area contributed by atoms with Gasteiger partial charge in [0.05, 0.1) is 73.6 Å². The lowest BCUT2D eigenvalue weighted by atomic mass is 9.94. The zero-order valence-electron chi connectivity index (χ0n) is 29.8. The molecule has 4 aromatic carbocycles. The monoisotopic (exact) mass is 704 g/mol. The number of methoxy groups -OCH3 is 7. The fourth-order valence-electron chi connectivity index (χ4n) is 6.51. The zero-order valence-corrected chi connectivity index (χ0v) is 29.8. The van der Waals surface area contributed by atoms with Gasteiger partial charge in [-0.3, -0.25) is 0 Å². The second-order valence-corrected chi connectivity index (χ2v) is 11.7. The quantitative estimate of drug-likeness (QED) is 0.152. The van der Waals surface area contributed by atoms with Crippen molar-refractivity contribution >= 4 is 0 Å². The topological polar surface area (TPSA) is 111 Å². The lowest BCUT2D eigenvalue weighted by Gasteiger charge is -2.46. The summed E-state index contributed by atoms with van der Waals surface area (Å²) < 4.78 is 74.6. The second-order valence-electron chi connectivity index (χ2n) is 11.7. The minimum Gasteiger partial charge on any atom is -0.493 e. The van der Waals surface area contributed by atoms with Crippen LogP contribution in [0.15, 0.2) is 72.8 Å². The van der Waals surface area contributed by atoms with Crippen molar-refractivity contribution in [2.45, 2.75) is 43.9 Å². The Kier molecular flexibility index (Phi) is 11.6. The maximum absolute atomic E-state index is 7.03. The van der Waals surface area contributed by atoms with E-state index in [-0.39, 0.29) is 13.2 Å². The Morgan fingerprint density at radius 3 is 1.51 bits per heavy atom. The number of hydrogen-bond acceptors (Lipinski definition) is 12. The molecule has 2 heterocycles. The van der Waals surface area contributed by atoms with Crippen molar-refractivity contribution in [3.05, 3.63) is 83.9 Å². The lowest BCUT2D eigenvalue weighted by Crippen LogP contribution is -2.64. The molecule has 2 aliphatic heterocycles. The van der Waals surface area contributed by atoms with Crippen molar-refractivity contribution in [3.8, 4) is 57.1 Å². The first-order valence-corrected chi connectivity index (χ1v) is 16.4. The molecule has 1 saturated heterocycles. The van der Waals surface area contributed by atoms with Gasteiger partial charge in [0.25, 0.3) is 0 Å². The Hall–Kier alpha value is -4.88. The Labute approximate surface area is 297 Å². The maximum Gasteiger partial charge on any atom is 0.204 e. The number of hydrogen-bond donors (Lipinski definition) is 0. The van der Waals surface area contributed by atoms with Gasteiger partial charge in [0.2, 0.25) is 11.5 Å². The van der Waals surface area contributed by atoms with E-state index in [0.717, 1.165) is 11.1 Å². The highest BCUT2D eigenvalue weighted by atomic mass is 16.7. The van der Waals surface area contributed by atoms with Crippen LogP contribution in [0.3, 0.4) is 0 Å². The van der Waals surface area contributed by atoms with Crippen molar-refractivity contribution in [2.24, 2.45) is 0 Å². The molecule has 0 aromatic heterocycles. The molecular formula is C39H44O12. The van der Waals surface area contributed by atoms with Crippen LogP contribution in [0.1, 0.15) is 11.1 Å². The normalized spacial score (nSPS) is 20.6. The third-order valence-electron chi connectivity index (χ3n) is 8.87. The van der Waals surface area contributed by atoms with Gasteiger partial charge in [-0.05, 0) is 11.1 Å². The smallest absolute Gasteiger partial charge is 0.204 e. The van der Waals surface area contributed by atoms with Gasteiger partial charge in [0.15, 0.2) is 41.5 Å². The minimum atomic E-state index is -0.854. The van der Waals surface area contributed by atoms with E-state index in [1.807, 2.05) is 60.7 Å². The number of rotatable bonds is 14. The Balaban J connectivity index is 1.53. The van der Waals surface area contributed by atoms with E-state index in [4.69, 9.17) is 56.8 Å². The molecule has 0 saturated carbocycles. The van der Waals surface area contributed by atoms with E-state index in [1.165, 1.54) is 28.4 Å². The van der Waals surface area contributed by atoms with Crippen molar-refractivity contribution in [2.75, 3.05) is 56.4 Å². The Morgan fingerprint density at radius 1 is 0.549 bits per heavy atom. The molecule has 0 amide bonds. The summed E-state index contributed by atoms with van der Waals surface area (Å²) in [5.41, 5.74) is 2.92. The molecule has 0 bridgehead atoms. The van der Waals surface area contributed by atoms with Gasteiger partial charge in [-0.25, -0.2) is 0 Å². The van der Waals surface area contributed by atoms with Gasteiger partial charge >= 0.3 is 0 Å². The SMILES string of the molecule is COc1cc2c(c(OC)c1OC)-c1c(cc(OC)c(OC)c1OC)O[C@@H]1[C@H](O2)[C@@H](OCc2ccccc2)[C@@H](OC)O[C@@H]1COCc1ccccc1. The third-order valence-corrected chi connectivity index (χ3v) is 8.87. The molecule has 0 unspecified atom stereocenters. The van der Waals surface area contributed by atoms with E-state index in [1.54, 1.807) is 33.5 Å². The van der Waals surface area contributed by atoms with Crippen LogP contribution in [0.5, 0.6) is 46.0 Å². The molecule has 51 heavy (non-hydrogen) atoms. The van der Waals surface area contributed by atoms with Crippen molar-refractivity contribution in [1.82, 2.24) is 0 Å². The standard InChI is InChI=1S/C39H44O12/c1-40-27-18-25-30(35(44-5)32(27)42-3)31-26(19-28(41-2)33(43-4)36(31)45-6)50-37-34(49-25)29(22-47-20-23-14-10-8-11-15-23)51-39(46-7)38(37)48-21-24-16-12-9-13-17-24/h8-19,29,34,37-39H,20-22H2,1-7H3/t29-,34+,37+,38-,39+/m1/s1. The molecular weight excluding hydrogens is 660 g/mol. The lowest BCUT2D eigenvalue weighted by molar-refractivity contribution is -0.299. The van der Waals surface area contributed by atoms with Crippen LogP contribution < -0.4 is 37.9 Å². The summed E-state index contributed by atoms with van der Waals surface area (Å²) in [5, 5.41) is 0. The minimum absolute atomic E-state index is 0.145. The number of fused-ring (bicyclic) bond motifs is 4. The summed E-state index contributed by atoms with van der Waals surface area (Å²) in [6.07, 6.45) is -3.93. The average Bonchev–Trinajstić information content (AvgIpc) is 3.17. The van der Waals surface area contributed by atoms with Crippen molar-refractivity contribution < 1.29 is 56.8 Å². The van der Waals surface area contributed by atoms with Crippen LogP contribution in [-0.4, -0.2) is 87.1 Å². The first-order chi connectivity index (χ1) is 25.0. The highest BCUT2D eigenvalue weighted by Crippen LogP contribution is 2.59. The zero-order chi connectivity index (χ0) is 35.9. The van der Waals surface area contributed by atoms with Crippen LogP contribution in [0.4, 0.5) is 0 Å². The summed E-state index contributed by atoms with van der Waals surface area (Å²) in [4.78, 5) is 0. The number of ether oxygens (including phenoxy) is 12. The van der Waals surface area contributed by atoms with Gasteiger partial charge in [-0.2, -0.15) is 0 Å². The summed E-state index contributed by atoms with van der Waals surface area (Å²) in [6, 6.07) is 23.2. The molecule has 5 atom stereocenters. The van der Waals surface area contributed by atoms with E-state index < -0.39 is 30.7 Å². The van der Waals surface area contributed by atoms with Crippen LogP contribution in [-0.2, 0) is 32.2 Å². The molecule has 0 radical (unpaired) electrons. The predicted octanol–water partition coefficient (Wildman–Crippen LogP) is 6.09. The average molecular weight is 705 g/mol. The molecule has 0 spiro atoms.